The number of ether oxygens (including phenoxy) is 2. The van der Waals surface area contributed by atoms with Crippen LogP contribution in [0.3, 0.4) is 0 Å². The van der Waals surface area contributed by atoms with Gasteiger partial charge in [0, 0.05) is 18.5 Å². The molecule has 1 aromatic heterocycles. The van der Waals surface area contributed by atoms with Gasteiger partial charge in [-0.1, -0.05) is 5.92 Å². The second-order valence-corrected chi connectivity index (χ2v) is 3.48. The summed E-state index contributed by atoms with van der Waals surface area (Å²) in [5.74, 6) is 5.98. The fraction of sp³-hybridized carbons (Fsp3) is 0.143. The lowest BCUT2D eigenvalue weighted by Crippen LogP contribution is -1.96. The van der Waals surface area contributed by atoms with Gasteiger partial charge in [-0.05, 0) is 25.0 Å². The van der Waals surface area contributed by atoms with Crippen LogP contribution in [0.1, 0.15) is 12.6 Å². The summed E-state index contributed by atoms with van der Waals surface area (Å²) in [6.45, 7) is 1.69. The van der Waals surface area contributed by atoms with Crippen LogP contribution in [-0.2, 0) is 0 Å². The SMILES string of the molecule is CC#Cc1nccnc1Oc1ccc(F)cc1OC. The molecule has 5 heteroatoms. The van der Waals surface area contributed by atoms with Crippen molar-refractivity contribution in [1.82, 2.24) is 9.97 Å². The molecule has 1 heterocycles. The first kappa shape index (κ1) is 12.8. The van der Waals surface area contributed by atoms with Crippen LogP contribution in [0.15, 0.2) is 30.6 Å². The van der Waals surface area contributed by atoms with E-state index in [9.17, 15) is 4.39 Å². The molecule has 0 bridgehead atoms. The van der Waals surface area contributed by atoms with Gasteiger partial charge < -0.3 is 9.47 Å². The Bertz CT molecular complexity index is 647. The third kappa shape index (κ3) is 2.99. The number of hydrogen-bond acceptors (Lipinski definition) is 4. The molecule has 0 saturated heterocycles. The van der Waals surface area contributed by atoms with Crippen LogP contribution < -0.4 is 9.47 Å². The molecule has 0 unspecified atom stereocenters. The van der Waals surface area contributed by atoms with E-state index in [4.69, 9.17) is 9.47 Å². The molecule has 0 saturated carbocycles. The van der Waals surface area contributed by atoms with Crippen LogP contribution in [0, 0.1) is 17.7 Å². The molecule has 0 atom stereocenters. The Kier molecular flexibility index (Phi) is 3.94. The molecule has 0 N–H and O–H groups in total. The molecule has 0 fully saturated rings. The molecule has 4 nitrogen and oxygen atoms in total. The van der Waals surface area contributed by atoms with Gasteiger partial charge in [-0.3, -0.25) is 0 Å². The summed E-state index contributed by atoms with van der Waals surface area (Å²) < 4.78 is 23.7. The molecule has 96 valence electrons. The molecule has 0 aliphatic heterocycles. The van der Waals surface area contributed by atoms with Crippen molar-refractivity contribution in [2.75, 3.05) is 7.11 Å². The van der Waals surface area contributed by atoms with Crippen LogP contribution in [0.25, 0.3) is 0 Å². The van der Waals surface area contributed by atoms with Gasteiger partial charge in [-0.25, -0.2) is 14.4 Å². The topological polar surface area (TPSA) is 44.2 Å². The van der Waals surface area contributed by atoms with Crippen LogP contribution in [0.5, 0.6) is 17.4 Å². The molecule has 1 aromatic carbocycles. The van der Waals surface area contributed by atoms with Crippen molar-refractivity contribution in [3.63, 3.8) is 0 Å². The fourth-order valence-corrected chi connectivity index (χ4v) is 1.43. The smallest absolute Gasteiger partial charge is 0.254 e. The lowest BCUT2D eigenvalue weighted by atomic mass is 10.3. The second-order valence-electron chi connectivity index (χ2n) is 3.48. The zero-order valence-corrected chi connectivity index (χ0v) is 10.5. The monoisotopic (exact) mass is 258 g/mol. The third-order valence-corrected chi connectivity index (χ3v) is 2.24. The van der Waals surface area contributed by atoms with Crippen molar-refractivity contribution >= 4 is 0 Å². The summed E-state index contributed by atoms with van der Waals surface area (Å²) >= 11 is 0. The molecule has 0 aliphatic carbocycles. The fourth-order valence-electron chi connectivity index (χ4n) is 1.43. The normalized spacial score (nSPS) is 9.42. The minimum absolute atomic E-state index is 0.252. The summed E-state index contributed by atoms with van der Waals surface area (Å²) in [7, 11) is 1.44. The molecule has 0 aliphatic rings. The Morgan fingerprint density at radius 3 is 2.68 bits per heavy atom. The first-order valence-corrected chi connectivity index (χ1v) is 5.49. The van der Waals surface area contributed by atoms with Gasteiger partial charge >= 0.3 is 0 Å². The van der Waals surface area contributed by atoms with Crippen LogP contribution in [-0.4, -0.2) is 17.1 Å². The Hall–Kier alpha value is -2.61. The summed E-state index contributed by atoms with van der Waals surface area (Å²) in [5, 5.41) is 0. The number of nitrogens with zero attached hydrogens (tertiary/aromatic N) is 2. The van der Waals surface area contributed by atoms with Crippen molar-refractivity contribution in [1.29, 1.82) is 0 Å². The predicted octanol–water partition coefficient (Wildman–Crippen LogP) is 2.79. The van der Waals surface area contributed by atoms with Gasteiger partial charge in [0.1, 0.15) is 5.82 Å². The lowest BCUT2D eigenvalue weighted by Gasteiger charge is -2.09. The van der Waals surface area contributed by atoms with Gasteiger partial charge in [0.15, 0.2) is 17.2 Å². The third-order valence-electron chi connectivity index (χ3n) is 2.24. The molecular weight excluding hydrogens is 247 g/mol. The highest BCUT2D eigenvalue weighted by Gasteiger charge is 2.10. The minimum atomic E-state index is -0.406. The Morgan fingerprint density at radius 2 is 1.95 bits per heavy atom. The van der Waals surface area contributed by atoms with Gasteiger partial charge in [-0.2, -0.15) is 0 Å². The molecule has 2 aromatic rings. The minimum Gasteiger partial charge on any atom is -0.493 e. The van der Waals surface area contributed by atoms with E-state index in [0.29, 0.717) is 11.4 Å². The summed E-state index contributed by atoms with van der Waals surface area (Å²) in [4.78, 5) is 8.12. The van der Waals surface area contributed by atoms with Crippen molar-refractivity contribution < 1.29 is 13.9 Å². The highest BCUT2D eigenvalue weighted by Crippen LogP contribution is 2.31. The summed E-state index contributed by atoms with van der Waals surface area (Å²) in [5.41, 5.74) is 0.413. The van der Waals surface area contributed by atoms with Gasteiger partial charge in [0.2, 0.25) is 0 Å². The maximum absolute atomic E-state index is 13.1. The number of rotatable bonds is 3. The predicted molar refractivity (Wildman–Crippen MR) is 67.6 cm³/mol. The summed E-state index contributed by atoms with van der Waals surface area (Å²) in [6, 6.07) is 3.97. The van der Waals surface area contributed by atoms with Crippen molar-refractivity contribution in [2.45, 2.75) is 6.92 Å². The van der Waals surface area contributed by atoms with Gasteiger partial charge in [-0.15, -0.1) is 0 Å². The highest BCUT2D eigenvalue weighted by molar-refractivity contribution is 5.44. The quantitative estimate of drug-likeness (QED) is 0.794. The molecule has 0 amide bonds. The summed E-state index contributed by atoms with van der Waals surface area (Å²) in [6.07, 6.45) is 3.01. The van der Waals surface area contributed by atoms with E-state index < -0.39 is 5.82 Å². The number of benzene rings is 1. The maximum atomic E-state index is 13.1. The molecule has 19 heavy (non-hydrogen) atoms. The zero-order chi connectivity index (χ0) is 13.7. The van der Waals surface area contributed by atoms with Gasteiger partial charge in [0.05, 0.1) is 7.11 Å². The Morgan fingerprint density at radius 1 is 1.16 bits per heavy atom. The van der Waals surface area contributed by atoms with Crippen LogP contribution >= 0.6 is 0 Å². The number of aromatic nitrogens is 2. The van der Waals surface area contributed by atoms with E-state index in [1.54, 1.807) is 6.92 Å². The van der Waals surface area contributed by atoms with Crippen LogP contribution in [0.2, 0.25) is 0 Å². The number of halogens is 1. The molecule has 0 spiro atoms. The number of hydrogen-bond donors (Lipinski definition) is 0. The average Bonchev–Trinajstić information content (AvgIpc) is 2.43. The molecular formula is C14H11FN2O2. The van der Waals surface area contributed by atoms with Crippen LogP contribution in [0.4, 0.5) is 4.39 Å². The maximum Gasteiger partial charge on any atom is 0.254 e. The lowest BCUT2D eigenvalue weighted by molar-refractivity contribution is 0.370. The standard InChI is InChI=1S/C14H11FN2O2/c1-3-4-11-14(17-8-7-16-11)19-12-6-5-10(15)9-13(12)18-2/h5-9H,1-2H3. The van der Waals surface area contributed by atoms with E-state index in [-0.39, 0.29) is 11.6 Å². The van der Waals surface area contributed by atoms with E-state index in [0.717, 1.165) is 0 Å². The molecule has 2 rings (SSSR count). The Labute approximate surface area is 110 Å². The number of methoxy groups -OCH3 is 1. The molecule has 0 radical (unpaired) electrons. The second kappa shape index (κ2) is 5.83. The van der Waals surface area contributed by atoms with E-state index >= 15 is 0 Å². The van der Waals surface area contributed by atoms with E-state index in [1.807, 2.05) is 0 Å². The van der Waals surface area contributed by atoms with Crippen molar-refractivity contribution in [3.05, 3.63) is 42.1 Å². The van der Waals surface area contributed by atoms with Crippen molar-refractivity contribution in [2.24, 2.45) is 0 Å². The average molecular weight is 258 g/mol. The van der Waals surface area contributed by atoms with E-state index in [2.05, 4.69) is 21.8 Å². The van der Waals surface area contributed by atoms with Gasteiger partial charge in [0.25, 0.3) is 5.88 Å². The Balaban J connectivity index is 2.38. The largest absolute Gasteiger partial charge is 0.493 e. The first-order valence-electron chi connectivity index (χ1n) is 5.49. The zero-order valence-electron chi connectivity index (χ0n) is 10.5. The highest BCUT2D eigenvalue weighted by atomic mass is 19.1. The van der Waals surface area contributed by atoms with Crippen molar-refractivity contribution in [3.8, 4) is 29.2 Å². The first-order chi connectivity index (χ1) is 9.24. The van der Waals surface area contributed by atoms with E-state index in [1.165, 1.54) is 37.7 Å².